The van der Waals surface area contributed by atoms with Crippen LogP contribution in [0.25, 0.3) is 6.08 Å². The summed E-state index contributed by atoms with van der Waals surface area (Å²) >= 11 is 0. The van der Waals surface area contributed by atoms with Crippen LogP contribution in [0.2, 0.25) is 0 Å². The Morgan fingerprint density at radius 3 is 2.57 bits per heavy atom. The van der Waals surface area contributed by atoms with Crippen molar-refractivity contribution in [1.29, 1.82) is 0 Å². The highest BCUT2D eigenvalue weighted by molar-refractivity contribution is 5.79. The van der Waals surface area contributed by atoms with Crippen molar-refractivity contribution in [3.63, 3.8) is 0 Å². The number of carbonyl (C=O) groups is 2. The molecule has 3 rings (SSSR count). The normalized spacial score (nSPS) is 24.3. The number of nitrogens with zero attached hydrogens (tertiary/aromatic N) is 1. The van der Waals surface area contributed by atoms with E-state index in [1.807, 2.05) is 42.5 Å². The SMILES string of the molecule is O=C(O)[C@H]1CN(C(=O)CC/C=C/c2ccccc2)C[C@@H]1C1CC1. The molecule has 2 atom stereocenters. The molecule has 2 aliphatic rings. The van der Waals surface area contributed by atoms with Crippen LogP contribution in [0.15, 0.2) is 36.4 Å². The molecule has 0 bridgehead atoms. The molecule has 0 spiro atoms. The van der Waals surface area contributed by atoms with Gasteiger partial charge in [-0.3, -0.25) is 9.59 Å². The number of rotatable bonds is 6. The van der Waals surface area contributed by atoms with Crippen LogP contribution in [0.4, 0.5) is 0 Å². The molecule has 2 fully saturated rings. The van der Waals surface area contributed by atoms with Crippen LogP contribution in [-0.4, -0.2) is 35.0 Å². The zero-order valence-corrected chi connectivity index (χ0v) is 13.2. The Bertz CT molecular complexity index is 592. The highest BCUT2D eigenvalue weighted by Crippen LogP contribution is 2.44. The van der Waals surface area contributed by atoms with Gasteiger partial charge in [-0.05, 0) is 36.7 Å². The van der Waals surface area contributed by atoms with E-state index in [2.05, 4.69) is 0 Å². The average Bonchev–Trinajstić information content (AvgIpc) is 3.30. The van der Waals surface area contributed by atoms with Crippen molar-refractivity contribution in [2.45, 2.75) is 25.7 Å². The lowest BCUT2D eigenvalue weighted by molar-refractivity contribution is -0.142. The molecule has 0 unspecified atom stereocenters. The number of aliphatic carboxylic acids is 1. The molecule has 23 heavy (non-hydrogen) atoms. The van der Waals surface area contributed by atoms with E-state index in [4.69, 9.17) is 0 Å². The summed E-state index contributed by atoms with van der Waals surface area (Å²) in [6, 6.07) is 9.99. The van der Waals surface area contributed by atoms with Crippen LogP contribution in [0.5, 0.6) is 0 Å². The summed E-state index contributed by atoms with van der Waals surface area (Å²) in [6.45, 7) is 1.01. The quantitative estimate of drug-likeness (QED) is 0.878. The van der Waals surface area contributed by atoms with Crippen molar-refractivity contribution < 1.29 is 14.7 Å². The second kappa shape index (κ2) is 6.99. The summed E-state index contributed by atoms with van der Waals surface area (Å²) in [7, 11) is 0. The zero-order chi connectivity index (χ0) is 16.2. The van der Waals surface area contributed by atoms with Gasteiger partial charge in [-0.1, -0.05) is 42.5 Å². The Hall–Kier alpha value is -2.10. The first-order valence-electron chi connectivity index (χ1n) is 8.37. The number of carboxylic acids is 1. The third kappa shape index (κ3) is 4.01. The van der Waals surface area contributed by atoms with Crippen LogP contribution < -0.4 is 0 Å². The Morgan fingerprint density at radius 2 is 1.91 bits per heavy atom. The number of hydrogen-bond donors (Lipinski definition) is 1. The molecule has 1 aromatic carbocycles. The van der Waals surface area contributed by atoms with E-state index in [0.717, 1.165) is 18.4 Å². The van der Waals surface area contributed by atoms with Gasteiger partial charge in [0.15, 0.2) is 0 Å². The summed E-state index contributed by atoms with van der Waals surface area (Å²) in [4.78, 5) is 25.5. The van der Waals surface area contributed by atoms with Crippen LogP contribution in [0, 0.1) is 17.8 Å². The molecule has 1 saturated heterocycles. The Morgan fingerprint density at radius 1 is 1.17 bits per heavy atom. The minimum absolute atomic E-state index is 0.0807. The maximum absolute atomic E-state index is 12.3. The van der Waals surface area contributed by atoms with E-state index in [9.17, 15) is 14.7 Å². The minimum Gasteiger partial charge on any atom is -0.481 e. The maximum Gasteiger partial charge on any atom is 0.308 e. The zero-order valence-electron chi connectivity index (χ0n) is 13.2. The molecule has 1 amide bonds. The molecule has 4 heteroatoms. The largest absolute Gasteiger partial charge is 0.481 e. The molecule has 1 saturated carbocycles. The number of carbonyl (C=O) groups excluding carboxylic acids is 1. The fraction of sp³-hybridized carbons (Fsp3) is 0.474. The van der Waals surface area contributed by atoms with Crippen molar-refractivity contribution >= 4 is 18.0 Å². The lowest BCUT2D eigenvalue weighted by atomic mass is 9.92. The van der Waals surface area contributed by atoms with Crippen LogP contribution in [0.1, 0.15) is 31.2 Å². The molecule has 1 aliphatic heterocycles. The van der Waals surface area contributed by atoms with E-state index in [1.54, 1.807) is 4.90 Å². The second-order valence-electron chi connectivity index (χ2n) is 6.60. The highest BCUT2D eigenvalue weighted by atomic mass is 16.4. The highest BCUT2D eigenvalue weighted by Gasteiger charge is 2.46. The fourth-order valence-electron chi connectivity index (χ4n) is 3.44. The van der Waals surface area contributed by atoms with Crippen molar-refractivity contribution in [2.75, 3.05) is 13.1 Å². The van der Waals surface area contributed by atoms with Gasteiger partial charge in [-0.15, -0.1) is 0 Å². The molecule has 1 heterocycles. The Kier molecular flexibility index (Phi) is 4.79. The van der Waals surface area contributed by atoms with E-state index < -0.39 is 5.97 Å². The van der Waals surface area contributed by atoms with Crippen LogP contribution in [0.3, 0.4) is 0 Å². The van der Waals surface area contributed by atoms with Crippen LogP contribution in [-0.2, 0) is 9.59 Å². The molecule has 1 N–H and O–H groups in total. The van der Waals surface area contributed by atoms with Crippen molar-refractivity contribution in [2.24, 2.45) is 17.8 Å². The summed E-state index contributed by atoms with van der Waals surface area (Å²) in [5.41, 5.74) is 1.13. The van der Waals surface area contributed by atoms with Gasteiger partial charge < -0.3 is 10.0 Å². The summed E-state index contributed by atoms with van der Waals surface area (Å²) in [6.07, 6.45) is 7.41. The van der Waals surface area contributed by atoms with Gasteiger partial charge in [0.2, 0.25) is 5.91 Å². The average molecular weight is 313 g/mol. The van der Waals surface area contributed by atoms with Crippen molar-refractivity contribution in [3.8, 4) is 0 Å². The number of hydrogen-bond acceptors (Lipinski definition) is 2. The third-order valence-corrected chi connectivity index (χ3v) is 4.90. The minimum atomic E-state index is -0.749. The van der Waals surface area contributed by atoms with Gasteiger partial charge in [0.1, 0.15) is 0 Å². The van der Waals surface area contributed by atoms with Crippen molar-refractivity contribution in [3.05, 3.63) is 42.0 Å². The van der Waals surface area contributed by atoms with Crippen molar-refractivity contribution in [1.82, 2.24) is 4.90 Å². The van der Waals surface area contributed by atoms with Gasteiger partial charge in [0.25, 0.3) is 0 Å². The van der Waals surface area contributed by atoms with E-state index >= 15 is 0 Å². The summed E-state index contributed by atoms with van der Waals surface area (Å²) in [5, 5.41) is 9.35. The smallest absolute Gasteiger partial charge is 0.308 e. The lowest BCUT2D eigenvalue weighted by Crippen LogP contribution is -2.29. The standard InChI is InChI=1S/C19H23NO3/c21-18(9-5-4-8-14-6-2-1-3-7-14)20-12-16(15-10-11-15)17(13-20)19(22)23/h1-4,6-8,15-17H,5,9-13H2,(H,22,23)/b8-4+/t16-,17+/m1/s1. The van der Waals surface area contributed by atoms with Gasteiger partial charge in [-0.2, -0.15) is 0 Å². The summed E-state index contributed by atoms with van der Waals surface area (Å²) in [5.74, 6) is -0.354. The molecular formula is C19H23NO3. The number of amides is 1. The fourth-order valence-corrected chi connectivity index (χ4v) is 3.44. The van der Waals surface area contributed by atoms with Gasteiger partial charge in [0.05, 0.1) is 5.92 Å². The lowest BCUT2D eigenvalue weighted by Gasteiger charge is -2.15. The van der Waals surface area contributed by atoms with E-state index in [1.165, 1.54) is 0 Å². The number of likely N-dealkylation sites (tertiary alicyclic amines) is 1. The number of carboxylic acid groups (broad SMARTS) is 1. The predicted molar refractivity (Wildman–Crippen MR) is 88.6 cm³/mol. The van der Waals surface area contributed by atoms with E-state index in [0.29, 0.717) is 31.8 Å². The number of benzene rings is 1. The first kappa shape index (κ1) is 15.8. The second-order valence-corrected chi connectivity index (χ2v) is 6.60. The Balaban J connectivity index is 1.49. The summed E-state index contributed by atoms with van der Waals surface area (Å²) < 4.78 is 0. The maximum atomic E-state index is 12.3. The Labute approximate surface area is 136 Å². The van der Waals surface area contributed by atoms with Crippen LogP contribution >= 0.6 is 0 Å². The predicted octanol–water partition coefficient (Wildman–Crippen LogP) is 3.05. The van der Waals surface area contributed by atoms with E-state index in [-0.39, 0.29) is 17.7 Å². The molecular weight excluding hydrogens is 290 g/mol. The molecule has 1 aromatic rings. The molecule has 1 aliphatic carbocycles. The first-order valence-corrected chi connectivity index (χ1v) is 8.37. The monoisotopic (exact) mass is 313 g/mol. The number of allylic oxidation sites excluding steroid dienone is 1. The molecule has 122 valence electrons. The topological polar surface area (TPSA) is 57.6 Å². The van der Waals surface area contributed by atoms with Gasteiger partial charge in [0, 0.05) is 19.5 Å². The van der Waals surface area contributed by atoms with Gasteiger partial charge in [-0.25, -0.2) is 0 Å². The molecule has 0 aromatic heterocycles. The first-order chi connectivity index (χ1) is 11.1. The third-order valence-electron chi connectivity index (χ3n) is 4.90. The van der Waals surface area contributed by atoms with Gasteiger partial charge >= 0.3 is 5.97 Å². The molecule has 4 nitrogen and oxygen atoms in total. The molecule has 0 radical (unpaired) electrons.